The monoisotopic (exact) mass is 427 g/mol. The van der Waals surface area contributed by atoms with Gasteiger partial charge in [0.1, 0.15) is 11.8 Å². The Bertz CT molecular complexity index is 1060. The number of aryl methyl sites for hydroxylation is 2. The number of rotatable bonds is 6. The maximum atomic E-state index is 12.2. The minimum Gasteiger partial charge on any atom is -0.465 e. The van der Waals surface area contributed by atoms with Crippen molar-refractivity contribution in [3.05, 3.63) is 64.9 Å². The van der Waals surface area contributed by atoms with Crippen molar-refractivity contribution in [2.24, 2.45) is 0 Å². The molecule has 0 aliphatic rings. The predicted molar refractivity (Wildman–Crippen MR) is 117 cm³/mol. The van der Waals surface area contributed by atoms with Gasteiger partial charge in [-0.05, 0) is 48.2 Å². The first-order valence-electron chi connectivity index (χ1n) is 8.93. The van der Waals surface area contributed by atoms with Crippen LogP contribution >= 0.6 is 23.1 Å². The molecule has 0 aliphatic heterocycles. The molecule has 3 aromatic rings. The highest BCUT2D eigenvalue weighted by atomic mass is 32.2. The normalized spacial score (nSPS) is 11.5. The van der Waals surface area contributed by atoms with Crippen molar-refractivity contribution in [1.29, 1.82) is 0 Å². The van der Waals surface area contributed by atoms with Crippen LogP contribution in [-0.4, -0.2) is 24.0 Å². The number of carbonyl (C=O) groups is 2. The number of nitrogens with zero attached hydrogens (tertiary/aromatic N) is 1. The molecular formula is C22H21NO4S2. The smallest absolute Gasteiger partial charge is 0.341 e. The van der Waals surface area contributed by atoms with E-state index >= 15 is 0 Å². The molecule has 0 unspecified atom stereocenters. The number of thioether (sulfide) groups is 1. The third-order valence-corrected chi connectivity index (χ3v) is 6.60. The van der Waals surface area contributed by atoms with Gasteiger partial charge in [0.05, 0.1) is 17.3 Å². The number of fused-ring (bicyclic) bond motifs is 1. The van der Waals surface area contributed by atoms with E-state index in [2.05, 4.69) is 26.0 Å². The van der Waals surface area contributed by atoms with Crippen LogP contribution in [0.2, 0.25) is 0 Å². The molecule has 0 atom stereocenters. The molecule has 1 aromatic heterocycles. The van der Waals surface area contributed by atoms with Crippen molar-refractivity contribution in [2.45, 2.75) is 30.9 Å². The molecule has 150 valence electrons. The average Bonchev–Trinajstić information content (AvgIpc) is 3.08. The largest absolute Gasteiger partial charge is 0.465 e. The van der Waals surface area contributed by atoms with Gasteiger partial charge in [-0.15, -0.1) is 11.3 Å². The number of aromatic nitrogens is 1. The van der Waals surface area contributed by atoms with Crippen LogP contribution in [0, 0.1) is 13.8 Å². The molecule has 0 fully saturated rings. The first-order valence-corrected chi connectivity index (χ1v) is 10.7. The zero-order valence-electron chi connectivity index (χ0n) is 16.6. The van der Waals surface area contributed by atoms with Crippen molar-refractivity contribution in [1.82, 2.24) is 4.98 Å². The summed E-state index contributed by atoms with van der Waals surface area (Å²) in [5, 5.41) is 0. The van der Waals surface area contributed by atoms with Gasteiger partial charge >= 0.3 is 11.9 Å². The number of benzene rings is 2. The van der Waals surface area contributed by atoms with Gasteiger partial charge in [0.25, 0.3) is 0 Å². The second kappa shape index (κ2) is 9.24. The van der Waals surface area contributed by atoms with E-state index in [9.17, 15) is 9.59 Å². The van der Waals surface area contributed by atoms with Crippen molar-refractivity contribution >= 4 is 50.8 Å². The Labute approximate surface area is 177 Å². The Kier molecular flexibility index (Phi) is 6.71. The molecule has 29 heavy (non-hydrogen) atoms. The molecular weight excluding hydrogens is 406 g/mol. The molecule has 0 saturated heterocycles. The molecule has 2 aromatic carbocycles. The predicted octanol–water partition coefficient (Wildman–Crippen LogP) is 5.28. The van der Waals surface area contributed by atoms with Gasteiger partial charge in [-0.25, -0.2) is 9.78 Å². The van der Waals surface area contributed by atoms with Crippen molar-refractivity contribution < 1.29 is 19.1 Å². The molecule has 0 amide bonds. The SMILES string of the molecule is COC(=O)/C(=C/OC(C)=O)c1ccccc1CSc1nc2cc(C)c(C)cc2s1. The van der Waals surface area contributed by atoms with Crippen LogP contribution in [0.4, 0.5) is 0 Å². The van der Waals surface area contributed by atoms with Crippen LogP contribution in [0.25, 0.3) is 15.8 Å². The molecule has 3 rings (SSSR count). The van der Waals surface area contributed by atoms with E-state index in [0.29, 0.717) is 11.3 Å². The summed E-state index contributed by atoms with van der Waals surface area (Å²) in [7, 11) is 1.30. The lowest BCUT2D eigenvalue weighted by Crippen LogP contribution is -2.07. The van der Waals surface area contributed by atoms with E-state index in [4.69, 9.17) is 14.5 Å². The second-order valence-electron chi connectivity index (χ2n) is 6.46. The third-order valence-electron chi connectivity index (χ3n) is 4.39. The lowest BCUT2D eigenvalue weighted by atomic mass is 10.0. The summed E-state index contributed by atoms with van der Waals surface area (Å²) in [6, 6.07) is 11.8. The lowest BCUT2D eigenvalue weighted by Gasteiger charge is -2.11. The number of esters is 2. The number of ether oxygens (including phenoxy) is 2. The van der Waals surface area contributed by atoms with Gasteiger partial charge in [-0.2, -0.15) is 0 Å². The molecule has 0 radical (unpaired) electrons. The first-order chi connectivity index (χ1) is 13.9. The summed E-state index contributed by atoms with van der Waals surface area (Å²) in [6.45, 7) is 5.46. The minimum atomic E-state index is -0.561. The molecule has 7 heteroatoms. The number of thiazole rings is 1. The van der Waals surface area contributed by atoms with E-state index in [1.165, 1.54) is 25.2 Å². The van der Waals surface area contributed by atoms with Crippen LogP contribution < -0.4 is 0 Å². The number of carbonyl (C=O) groups excluding carboxylic acids is 2. The quantitative estimate of drug-likeness (QED) is 0.231. The molecule has 0 spiro atoms. The maximum Gasteiger partial charge on any atom is 0.341 e. The molecule has 5 nitrogen and oxygen atoms in total. The summed E-state index contributed by atoms with van der Waals surface area (Å²) in [5.41, 5.74) is 5.27. The summed E-state index contributed by atoms with van der Waals surface area (Å²) in [4.78, 5) is 28.1. The van der Waals surface area contributed by atoms with E-state index in [0.717, 1.165) is 26.4 Å². The maximum absolute atomic E-state index is 12.2. The standard InChI is InChI=1S/C22H21NO4S2/c1-13-9-19-20(10-14(13)2)29-22(23-19)28-12-16-7-5-6-8-17(16)18(21(25)26-4)11-27-15(3)24/h5-11H,12H2,1-4H3/b18-11+. The summed E-state index contributed by atoms with van der Waals surface area (Å²) in [6.07, 6.45) is 1.15. The van der Waals surface area contributed by atoms with E-state index in [-0.39, 0.29) is 5.57 Å². The van der Waals surface area contributed by atoms with Gasteiger partial charge in [0.15, 0.2) is 4.34 Å². The van der Waals surface area contributed by atoms with E-state index < -0.39 is 11.9 Å². The Morgan fingerprint density at radius 3 is 2.62 bits per heavy atom. The van der Waals surface area contributed by atoms with Crippen molar-refractivity contribution in [3.8, 4) is 0 Å². The topological polar surface area (TPSA) is 65.5 Å². The fourth-order valence-electron chi connectivity index (χ4n) is 2.74. The highest BCUT2D eigenvalue weighted by molar-refractivity contribution is 8.00. The van der Waals surface area contributed by atoms with Crippen LogP contribution in [-0.2, 0) is 24.8 Å². The minimum absolute atomic E-state index is 0.203. The molecule has 0 N–H and O–H groups in total. The van der Waals surface area contributed by atoms with Crippen LogP contribution in [0.1, 0.15) is 29.2 Å². The molecule has 0 saturated carbocycles. The Morgan fingerprint density at radius 2 is 1.90 bits per heavy atom. The molecule has 0 aliphatic carbocycles. The number of methoxy groups -OCH3 is 1. The zero-order chi connectivity index (χ0) is 21.0. The second-order valence-corrected chi connectivity index (χ2v) is 8.72. The summed E-state index contributed by atoms with van der Waals surface area (Å²) in [5.74, 6) is -0.449. The summed E-state index contributed by atoms with van der Waals surface area (Å²) >= 11 is 3.26. The Hall–Kier alpha value is -2.64. The van der Waals surface area contributed by atoms with E-state index in [1.54, 1.807) is 23.1 Å². The zero-order valence-corrected chi connectivity index (χ0v) is 18.3. The fourth-order valence-corrected chi connectivity index (χ4v) is 4.89. The van der Waals surface area contributed by atoms with Gasteiger partial charge in [0, 0.05) is 12.7 Å². The first kappa shape index (κ1) is 21.1. The third kappa shape index (κ3) is 5.05. The lowest BCUT2D eigenvalue weighted by molar-refractivity contribution is -0.135. The van der Waals surface area contributed by atoms with Crippen molar-refractivity contribution in [3.63, 3.8) is 0 Å². The van der Waals surface area contributed by atoms with E-state index in [1.807, 2.05) is 24.3 Å². The summed E-state index contributed by atoms with van der Waals surface area (Å²) < 4.78 is 11.9. The van der Waals surface area contributed by atoms with Crippen LogP contribution in [0.5, 0.6) is 0 Å². The number of hydrogen-bond donors (Lipinski definition) is 0. The average molecular weight is 428 g/mol. The van der Waals surface area contributed by atoms with Crippen molar-refractivity contribution in [2.75, 3.05) is 7.11 Å². The highest BCUT2D eigenvalue weighted by Gasteiger charge is 2.18. The van der Waals surface area contributed by atoms with Crippen LogP contribution in [0.3, 0.4) is 0 Å². The molecule has 1 heterocycles. The Morgan fingerprint density at radius 1 is 1.17 bits per heavy atom. The van der Waals surface area contributed by atoms with Gasteiger partial charge < -0.3 is 9.47 Å². The highest BCUT2D eigenvalue weighted by Crippen LogP contribution is 2.34. The molecule has 0 bridgehead atoms. The Balaban J connectivity index is 1.87. The van der Waals surface area contributed by atoms with Gasteiger partial charge in [-0.3, -0.25) is 4.79 Å². The van der Waals surface area contributed by atoms with Crippen LogP contribution in [0.15, 0.2) is 47.0 Å². The van der Waals surface area contributed by atoms with Gasteiger partial charge in [-0.1, -0.05) is 36.0 Å². The van der Waals surface area contributed by atoms with Gasteiger partial charge in [0.2, 0.25) is 0 Å². The fraction of sp³-hybridized carbons (Fsp3) is 0.227. The number of hydrogen-bond acceptors (Lipinski definition) is 7.